The van der Waals surface area contributed by atoms with Crippen LogP contribution in [0.15, 0.2) is 29.6 Å². The van der Waals surface area contributed by atoms with E-state index in [1.165, 1.54) is 17.4 Å². The van der Waals surface area contributed by atoms with E-state index in [1.54, 1.807) is 18.2 Å². The number of aryl methyl sites for hydroxylation is 1. The van der Waals surface area contributed by atoms with Crippen LogP contribution >= 0.6 is 11.3 Å². The van der Waals surface area contributed by atoms with Crippen LogP contribution < -0.4 is 10.2 Å². The quantitative estimate of drug-likeness (QED) is 0.882. The van der Waals surface area contributed by atoms with Crippen molar-refractivity contribution in [2.24, 2.45) is 0 Å². The van der Waals surface area contributed by atoms with Crippen molar-refractivity contribution in [3.63, 3.8) is 0 Å². The zero-order chi connectivity index (χ0) is 15.7. The van der Waals surface area contributed by atoms with Gasteiger partial charge >= 0.3 is 0 Å². The Hall–Kier alpha value is -2.54. The molecule has 7 heteroatoms. The molecule has 2 aromatic rings. The standard InChI is InChI=1S/C15H13N3O3S/c1-9-8-22-15(16-9)17-14(21)10-3-2-4-11(7-10)18-12(19)5-6-13(18)20/h2-4,7-8H,5-6H2,1H3,(H,16,17,21). The number of thiazole rings is 1. The van der Waals surface area contributed by atoms with Crippen molar-refractivity contribution < 1.29 is 14.4 Å². The highest BCUT2D eigenvalue weighted by Crippen LogP contribution is 2.24. The minimum Gasteiger partial charge on any atom is -0.298 e. The Labute approximate surface area is 130 Å². The number of aromatic nitrogens is 1. The SMILES string of the molecule is Cc1csc(NC(=O)c2cccc(N3C(=O)CCC3=O)c2)n1. The Bertz CT molecular complexity index is 753. The second-order valence-corrected chi connectivity index (χ2v) is 5.78. The van der Waals surface area contributed by atoms with Gasteiger partial charge in [0.2, 0.25) is 11.8 Å². The lowest BCUT2D eigenvalue weighted by molar-refractivity contribution is -0.121. The number of hydrogen-bond acceptors (Lipinski definition) is 5. The number of imide groups is 1. The van der Waals surface area contributed by atoms with Crippen LogP contribution in [0.2, 0.25) is 0 Å². The van der Waals surface area contributed by atoms with E-state index < -0.39 is 0 Å². The average molecular weight is 315 g/mol. The molecule has 0 saturated carbocycles. The Kier molecular flexibility index (Phi) is 3.72. The fourth-order valence-corrected chi connectivity index (χ4v) is 2.91. The zero-order valence-electron chi connectivity index (χ0n) is 11.8. The van der Waals surface area contributed by atoms with Crippen molar-refractivity contribution in [2.45, 2.75) is 19.8 Å². The molecule has 0 bridgehead atoms. The van der Waals surface area contributed by atoms with Crippen LogP contribution in [0.5, 0.6) is 0 Å². The van der Waals surface area contributed by atoms with E-state index in [2.05, 4.69) is 10.3 Å². The Morgan fingerprint density at radius 1 is 1.27 bits per heavy atom. The number of carbonyl (C=O) groups is 3. The van der Waals surface area contributed by atoms with Gasteiger partial charge in [-0.25, -0.2) is 4.98 Å². The van der Waals surface area contributed by atoms with Crippen molar-refractivity contribution in [1.29, 1.82) is 0 Å². The normalized spacial score (nSPS) is 14.5. The third-order valence-corrected chi connectivity index (χ3v) is 4.13. The van der Waals surface area contributed by atoms with E-state index in [9.17, 15) is 14.4 Å². The van der Waals surface area contributed by atoms with Crippen molar-refractivity contribution >= 4 is 39.9 Å². The molecule has 1 saturated heterocycles. The molecule has 0 aliphatic carbocycles. The largest absolute Gasteiger partial charge is 0.298 e. The van der Waals surface area contributed by atoms with E-state index in [-0.39, 0.29) is 30.6 Å². The van der Waals surface area contributed by atoms with Crippen molar-refractivity contribution in [2.75, 3.05) is 10.2 Å². The first-order valence-corrected chi connectivity index (χ1v) is 7.62. The van der Waals surface area contributed by atoms with Crippen LogP contribution in [0.25, 0.3) is 0 Å². The maximum absolute atomic E-state index is 12.2. The van der Waals surface area contributed by atoms with Gasteiger partial charge in [0.1, 0.15) is 0 Å². The molecule has 0 unspecified atom stereocenters. The predicted molar refractivity (Wildman–Crippen MR) is 83.0 cm³/mol. The maximum atomic E-state index is 12.2. The number of hydrogen-bond donors (Lipinski definition) is 1. The van der Waals surface area contributed by atoms with E-state index in [4.69, 9.17) is 0 Å². The van der Waals surface area contributed by atoms with Crippen molar-refractivity contribution in [3.05, 3.63) is 40.9 Å². The van der Waals surface area contributed by atoms with Crippen molar-refractivity contribution in [3.8, 4) is 0 Å². The summed E-state index contributed by atoms with van der Waals surface area (Å²) in [5.41, 5.74) is 1.63. The molecule has 1 aliphatic heterocycles. The number of benzene rings is 1. The second kappa shape index (κ2) is 5.69. The van der Waals surface area contributed by atoms with E-state index >= 15 is 0 Å². The summed E-state index contributed by atoms with van der Waals surface area (Å²) in [6.07, 6.45) is 0.432. The fraction of sp³-hybridized carbons (Fsp3) is 0.200. The van der Waals surface area contributed by atoms with Gasteiger partial charge in [0.25, 0.3) is 5.91 Å². The third-order valence-electron chi connectivity index (χ3n) is 3.26. The molecule has 2 heterocycles. The van der Waals surface area contributed by atoms with Crippen LogP contribution in [0.4, 0.5) is 10.8 Å². The molecule has 6 nitrogen and oxygen atoms in total. The average Bonchev–Trinajstić information content (AvgIpc) is 3.05. The van der Waals surface area contributed by atoms with Crippen molar-refractivity contribution in [1.82, 2.24) is 4.98 Å². The fourth-order valence-electron chi connectivity index (χ4n) is 2.23. The summed E-state index contributed by atoms with van der Waals surface area (Å²) >= 11 is 1.34. The molecule has 3 amide bonds. The molecule has 1 fully saturated rings. The van der Waals surface area contributed by atoms with Crippen LogP contribution in [-0.4, -0.2) is 22.7 Å². The van der Waals surface area contributed by atoms with Crippen LogP contribution in [0.1, 0.15) is 28.9 Å². The van der Waals surface area contributed by atoms with E-state index in [0.29, 0.717) is 16.4 Å². The summed E-state index contributed by atoms with van der Waals surface area (Å²) in [5.74, 6) is -0.800. The molecule has 1 aromatic carbocycles. The molecule has 0 spiro atoms. The third kappa shape index (κ3) is 2.75. The molecule has 1 aromatic heterocycles. The van der Waals surface area contributed by atoms with Crippen LogP contribution in [0.3, 0.4) is 0 Å². The molecule has 0 radical (unpaired) electrons. The first-order chi connectivity index (χ1) is 10.5. The number of nitrogens with zero attached hydrogens (tertiary/aromatic N) is 2. The Morgan fingerprint density at radius 3 is 2.64 bits per heavy atom. The second-order valence-electron chi connectivity index (χ2n) is 4.92. The van der Waals surface area contributed by atoms with Gasteiger partial charge in [-0.1, -0.05) is 6.07 Å². The highest BCUT2D eigenvalue weighted by Gasteiger charge is 2.30. The Morgan fingerprint density at radius 2 is 2.00 bits per heavy atom. The minimum absolute atomic E-state index is 0.216. The maximum Gasteiger partial charge on any atom is 0.257 e. The van der Waals surface area contributed by atoms with E-state index in [1.807, 2.05) is 12.3 Å². The summed E-state index contributed by atoms with van der Waals surface area (Å²) in [5, 5.41) is 5.06. The summed E-state index contributed by atoms with van der Waals surface area (Å²) in [6, 6.07) is 6.46. The Balaban J connectivity index is 1.83. The number of carbonyl (C=O) groups excluding carboxylic acids is 3. The van der Waals surface area contributed by atoms with Gasteiger partial charge in [0.15, 0.2) is 5.13 Å². The predicted octanol–water partition coefficient (Wildman–Crippen LogP) is 2.36. The zero-order valence-corrected chi connectivity index (χ0v) is 12.6. The topological polar surface area (TPSA) is 79.4 Å². The highest BCUT2D eigenvalue weighted by molar-refractivity contribution is 7.13. The molecular formula is C15H13N3O3S. The monoisotopic (exact) mass is 315 g/mol. The first-order valence-electron chi connectivity index (χ1n) is 6.74. The number of rotatable bonds is 3. The van der Waals surface area contributed by atoms with Gasteiger partial charge in [0, 0.05) is 23.8 Å². The highest BCUT2D eigenvalue weighted by atomic mass is 32.1. The van der Waals surface area contributed by atoms with E-state index in [0.717, 1.165) is 10.6 Å². The summed E-state index contributed by atoms with van der Waals surface area (Å²) in [6.45, 7) is 1.84. The lowest BCUT2D eigenvalue weighted by atomic mass is 10.2. The van der Waals surface area contributed by atoms with Gasteiger partial charge in [0.05, 0.1) is 11.4 Å². The van der Waals surface area contributed by atoms with Gasteiger partial charge in [-0.05, 0) is 25.1 Å². The molecule has 22 heavy (non-hydrogen) atoms. The molecule has 1 aliphatic rings. The van der Waals surface area contributed by atoms with Gasteiger partial charge in [-0.2, -0.15) is 0 Å². The summed E-state index contributed by atoms with van der Waals surface area (Å²) < 4.78 is 0. The van der Waals surface area contributed by atoms with Gasteiger partial charge in [-0.3, -0.25) is 24.6 Å². The molecule has 0 atom stereocenters. The van der Waals surface area contributed by atoms with Gasteiger partial charge < -0.3 is 0 Å². The van der Waals surface area contributed by atoms with Crippen LogP contribution in [0, 0.1) is 6.92 Å². The number of nitrogens with one attached hydrogen (secondary N) is 1. The summed E-state index contributed by atoms with van der Waals surface area (Å²) in [7, 11) is 0. The smallest absolute Gasteiger partial charge is 0.257 e. The first kappa shape index (κ1) is 14.4. The molecule has 112 valence electrons. The lowest BCUT2D eigenvalue weighted by Crippen LogP contribution is -2.28. The van der Waals surface area contributed by atoms with Gasteiger partial charge in [-0.15, -0.1) is 11.3 Å². The number of anilines is 2. The molecule has 3 rings (SSSR count). The van der Waals surface area contributed by atoms with Crippen LogP contribution in [-0.2, 0) is 9.59 Å². The minimum atomic E-state index is -0.324. The summed E-state index contributed by atoms with van der Waals surface area (Å²) in [4.78, 5) is 41.0. The molecule has 1 N–H and O–H groups in total. The number of amides is 3. The molecular weight excluding hydrogens is 302 g/mol. The lowest BCUT2D eigenvalue weighted by Gasteiger charge is -2.14.